The summed E-state index contributed by atoms with van der Waals surface area (Å²) in [4.78, 5) is 12.1. The smallest absolute Gasteiger partial charge is 0.153 e. The summed E-state index contributed by atoms with van der Waals surface area (Å²) >= 11 is 5.00. The number of thiophene rings is 1. The normalized spacial score (nSPS) is 10.7. The standard InChI is InChI=1S/C12H13BrN2OS/c1-2-3-4-15-6-9(7-16)12(14-15)11-5-10(13)8-17-11/h5-8H,2-4H2,1H3. The molecule has 0 fully saturated rings. The Morgan fingerprint density at radius 1 is 1.59 bits per heavy atom. The van der Waals surface area contributed by atoms with Crippen molar-refractivity contribution in [2.75, 3.05) is 0 Å². The Bertz CT molecular complexity index is 518. The van der Waals surface area contributed by atoms with Gasteiger partial charge in [0.15, 0.2) is 6.29 Å². The average Bonchev–Trinajstić information content (AvgIpc) is 2.92. The van der Waals surface area contributed by atoms with Crippen molar-refractivity contribution < 1.29 is 4.79 Å². The minimum absolute atomic E-state index is 0.662. The van der Waals surface area contributed by atoms with Crippen molar-refractivity contribution in [1.82, 2.24) is 9.78 Å². The van der Waals surface area contributed by atoms with Crippen LogP contribution in [-0.2, 0) is 6.54 Å². The zero-order valence-electron chi connectivity index (χ0n) is 9.52. The fraction of sp³-hybridized carbons (Fsp3) is 0.333. The number of aromatic nitrogens is 2. The number of nitrogens with zero attached hydrogens (tertiary/aromatic N) is 2. The van der Waals surface area contributed by atoms with Crippen molar-refractivity contribution in [1.29, 1.82) is 0 Å². The molecule has 3 nitrogen and oxygen atoms in total. The summed E-state index contributed by atoms with van der Waals surface area (Å²) in [6, 6.07) is 1.99. The van der Waals surface area contributed by atoms with Crippen LogP contribution in [0.25, 0.3) is 10.6 Å². The van der Waals surface area contributed by atoms with E-state index in [4.69, 9.17) is 0 Å². The third-order valence-electron chi connectivity index (χ3n) is 2.46. The van der Waals surface area contributed by atoms with E-state index in [1.165, 1.54) is 0 Å². The summed E-state index contributed by atoms with van der Waals surface area (Å²) in [5.74, 6) is 0. The van der Waals surface area contributed by atoms with Crippen LogP contribution in [-0.4, -0.2) is 16.1 Å². The van der Waals surface area contributed by atoms with E-state index < -0.39 is 0 Å². The molecule has 17 heavy (non-hydrogen) atoms. The molecule has 0 aliphatic rings. The maximum atomic E-state index is 11.0. The first-order valence-electron chi connectivity index (χ1n) is 5.51. The molecule has 0 saturated carbocycles. The molecule has 0 saturated heterocycles. The number of hydrogen-bond acceptors (Lipinski definition) is 3. The summed E-state index contributed by atoms with van der Waals surface area (Å²) in [5, 5.41) is 6.47. The van der Waals surface area contributed by atoms with Gasteiger partial charge < -0.3 is 0 Å². The second-order valence-corrected chi connectivity index (χ2v) is 5.62. The Kier molecular flexibility index (Phi) is 4.12. The van der Waals surface area contributed by atoms with Crippen molar-refractivity contribution in [3.05, 3.63) is 27.7 Å². The first kappa shape index (κ1) is 12.5. The van der Waals surface area contributed by atoms with Crippen LogP contribution in [0.1, 0.15) is 30.1 Å². The van der Waals surface area contributed by atoms with Gasteiger partial charge in [-0.2, -0.15) is 5.10 Å². The van der Waals surface area contributed by atoms with Crippen LogP contribution in [0.15, 0.2) is 22.1 Å². The highest BCUT2D eigenvalue weighted by Gasteiger charge is 2.12. The van der Waals surface area contributed by atoms with E-state index in [2.05, 4.69) is 28.0 Å². The molecule has 0 aliphatic carbocycles. The highest BCUT2D eigenvalue weighted by atomic mass is 79.9. The lowest BCUT2D eigenvalue weighted by Gasteiger charge is -1.97. The van der Waals surface area contributed by atoms with Crippen molar-refractivity contribution in [2.45, 2.75) is 26.3 Å². The van der Waals surface area contributed by atoms with Gasteiger partial charge in [-0.3, -0.25) is 9.48 Å². The zero-order valence-corrected chi connectivity index (χ0v) is 11.9. The Morgan fingerprint density at radius 3 is 3.00 bits per heavy atom. The Balaban J connectivity index is 2.32. The molecule has 0 aromatic carbocycles. The second kappa shape index (κ2) is 5.60. The summed E-state index contributed by atoms with van der Waals surface area (Å²) in [5.41, 5.74) is 1.45. The highest BCUT2D eigenvalue weighted by molar-refractivity contribution is 9.10. The van der Waals surface area contributed by atoms with Gasteiger partial charge in [0.1, 0.15) is 5.69 Å². The molecular formula is C12H13BrN2OS. The molecule has 2 heterocycles. The number of carbonyl (C=O) groups is 1. The van der Waals surface area contributed by atoms with Gasteiger partial charge in [0.05, 0.1) is 10.4 Å². The van der Waals surface area contributed by atoms with Gasteiger partial charge in [0.25, 0.3) is 0 Å². The molecule has 2 rings (SSSR count). The summed E-state index contributed by atoms with van der Waals surface area (Å²) in [7, 11) is 0. The fourth-order valence-electron chi connectivity index (χ4n) is 1.59. The van der Waals surface area contributed by atoms with Crippen molar-refractivity contribution in [3.63, 3.8) is 0 Å². The minimum atomic E-state index is 0.662. The van der Waals surface area contributed by atoms with Gasteiger partial charge in [-0.1, -0.05) is 13.3 Å². The van der Waals surface area contributed by atoms with Gasteiger partial charge in [-0.05, 0) is 28.4 Å². The molecule has 2 aromatic rings. The zero-order chi connectivity index (χ0) is 12.3. The SMILES string of the molecule is CCCCn1cc(C=O)c(-c2cc(Br)cs2)n1. The molecule has 0 radical (unpaired) electrons. The van der Waals surface area contributed by atoms with Gasteiger partial charge in [0.2, 0.25) is 0 Å². The topological polar surface area (TPSA) is 34.9 Å². The molecule has 0 bridgehead atoms. The monoisotopic (exact) mass is 312 g/mol. The molecule has 0 N–H and O–H groups in total. The van der Waals surface area contributed by atoms with Crippen molar-refractivity contribution in [2.24, 2.45) is 0 Å². The minimum Gasteiger partial charge on any atom is -0.298 e. The van der Waals surface area contributed by atoms with Crippen LogP contribution in [0.3, 0.4) is 0 Å². The molecule has 0 atom stereocenters. The molecule has 0 spiro atoms. The number of aryl methyl sites for hydroxylation is 1. The molecule has 0 unspecified atom stereocenters. The van der Waals surface area contributed by atoms with Crippen LogP contribution in [0, 0.1) is 0 Å². The lowest BCUT2D eigenvalue weighted by Crippen LogP contribution is -1.97. The first-order chi connectivity index (χ1) is 8.24. The van der Waals surface area contributed by atoms with E-state index in [1.54, 1.807) is 11.3 Å². The third kappa shape index (κ3) is 2.84. The maximum Gasteiger partial charge on any atom is 0.153 e. The molecular weight excluding hydrogens is 300 g/mol. The Morgan fingerprint density at radius 2 is 2.41 bits per heavy atom. The van der Waals surface area contributed by atoms with E-state index in [0.717, 1.165) is 40.7 Å². The number of halogens is 1. The van der Waals surface area contributed by atoms with E-state index in [9.17, 15) is 4.79 Å². The predicted molar refractivity (Wildman–Crippen MR) is 73.5 cm³/mol. The summed E-state index contributed by atoms with van der Waals surface area (Å²) in [6.07, 6.45) is 4.90. The quantitative estimate of drug-likeness (QED) is 0.782. The molecule has 0 amide bonds. The summed E-state index contributed by atoms with van der Waals surface area (Å²) < 4.78 is 2.88. The van der Waals surface area contributed by atoms with Crippen molar-refractivity contribution >= 4 is 33.6 Å². The summed E-state index contributed by atoms with van der Waals surface area (Å²) in [6.45, 7) is 3.01. The predicted octanol–water partition coefficient (Wildman–Crippen LogP) is 3.99. The largest absolute Gasteiger partial charge is 0.298 e. The Hall–Kier alpha value is -0.940. The highest BCUT2D eigenvalue weighted by Crippen LogP contribution is 2.30. The van der Waals surface area contributed by atoms with Gasteiger partial charge >= 0.3 is 0 Å². The van der Waals surface area contributed by atoms with Crippen LogP contribution in [0.2, 0.25) is 0 Å². The lowest BCUT2D eigenvalue weighted by atomic mass is 10.2. The van der Waals surface area contributed by atoms with Crippen molar-refractivity contribution in [3.8, 4) is 10.6 Å². The third-order valence-corrected chi connectivity index (χ3v) is 4.16. The number of carbonyl (C=O) groups excluding carboxylic acids is 1. The van der Waals surface area contributed by atoms with Gasteiger partial charge in [-0.25, -0.2) is 0 Å². The number of rotatable bonds is 5. The number of unbranched alkanes of at least 4 members (excludes halogenated alkanes) is 1. The second-order valence-electron chi connectivity index (χ2n) is 3.80. The maximum absolute atomic E-state index is 11.0. The first-order valence-corrected chi connectivity index (χ1v) is 7.19. The number of hydrogen-bond donors (Lipinski definition) is 0. The van der Waals surface area contributed by atoms with E-state index in [-0.39, 0.29) is 0 Å². The average molecular weight is 313 g/mol. The molecule has 2 aromatic heterocycles. The van der Waals surface area contributed by atoms with E-state index >= 15 is 0 Å². The number of aldehydes is 1. The molecule has 0 aliphatic heterocycles. The Labute approximate surface area is 113 Å². The molecule has 5 heteroatoms. The van der Waals surface area contributed by atoms with E-state index in [1.807, 2.05) is 22.3 Å². The van der Waals surface area contributed by atoms with Crippen LogP contribution >= 0.6 is 27.3 Å². The molecule has 90 valence electrons. The van der Waals surface area contributed by atoms with Gasteiger partial charge in [-0.15, -0.1) is 11.3 Å². The van der Waals surface area contributed by atoms with Gasteiger partial charge in [0, 0.05) is 22.6 Å². The van der Waals surface area contributed by atoms with Crippen LogP contribution in [0.5, 0.6) is 0 Å². The van der Waals surface area contributed by atoms with Crippen LogP contribution < -0.4 is 0 Å². The lowest BCUT2D eigenvalue weighted by molar-refractivity contribution is 0.112. The van der Waals surface area contributed by atoms with Crippen LogP contribution in [0.4, 0.5) is 0 Å². The van der Waals surface area contributed by atoms with E-state index in [0.29, 0.717) is 5.56 Å². The fourth-order valence-corrected chi connectivity index (χ4v) is 3.02.